The SMILES string of the molecule is CCC1CCCCN1c1nn(-c2cccc(OC)c2)nc1C#N. The minimum absolute atomic E-state index is 0.383. The van der Waals surface area contributed by atoms with Crippen molar-refractivity contribution in [1.82, 2.24) is 15.0 Å². The van der Waals surface area contributed by atoms with Gasteiger partial charge in [-0.1, -0.05) is 13.0 Å². The van der Waals surface area contributed by atoms with Gasteiger partial charge in [0, 0.05) is 18.7 Å². The number of methoxy groups -OCH3 is 1. The molecule has 0 aliphatic carbocycles. The molecule has 120 valence electrons. The number of aromatic nitrogens is 3. The van der Waals surface area contributed by atoms with E-state index in [-0.39, 0.29) is 0 Å². The summed E-state index contributed by atoms with van der Waals surface area (Å²) in [5, 5.41) is 18.4. The van der Waals surface area contributed by atoms with Gasteiger partial charge in [0.2, 0.25) is 5.69 Å². The molecule has 0 spiro atoms. The molecule has 0 bridgehead atoms. The third-order valence-electron chi connectivity index (χ3n) is 4.36. The molecular formula is C17H21N5O. The van der Waals surface area contributed by atoms with Crippen LogP contribution in [0.25, 0.3) is 5.69 Å². The number of rotatable bonds is 4. The van der Waals surface area contributed by atoms with Gasteiger partial charge in [0.1, 0.15) is 11.8 Å². The average Bonchev–Trinajstić information content (AvgIpc) is 3.06. The van der Waals surface area contributed by atoms with Crippen LogP contribution in [0.5, 0.6) is 5.75 Å². The number of hydrogen-bond donors (Lipinski definition) is 0. The fraction of sp³-hybridized carbons (Fsp3) is 0.471. The maximum atomic E-state index is 9.45. The third-order valence-corrected chi connectivity index (χ3v) is 4.36. The second kappa shape index (κ2) is 6.69. The van der Waals surface area contributed by atoms with Gasteiger partial charge in [0.15, 0.2) is 5.82 Å². The molecule has 0 N–H and O–H groups in total. The predicted molar refractivity (Wildman–Crippen MR) is 87.9 cm³/mol. The summed E-state index contributed by atoms with van der Waals surface area (Å²) in [6, 6.07) is 10.1. The van der Waals surface area contributed by atoms with Crippen molar-refractivity contribution in [2.24, 2.45) is 0 Å². The molecule has 1 unspecified atom stereocenters. The van der Waals surface area contributed by atoms with Gasteiger partial charge in [0.25, 0.3) is 0 Å². The molecule has 1 aliphatic rings. The smallest absolute Gasteiger partial charge is 0.207 e. The number of anilines is 1. The molecule has 6 heteroatoms. The third kappa shape index (κ3) is 3.00. The number of hydrogen-bond acceptors (Lipinski definition) is 5. The topological polar surface area (TPSA) is 67.0 Å². The molecule has 1 saturated heterocycles. The van der Waals surface area contributed by atoms with Crippen molar-refractivity contribution in [3.63, 3.8) is 0 Å². The summed E-state index contributed by atoms with van der Waals surface area (Å²) in [5.74, 6) is 1.44. The Morgan fingerprint density at radius 1 is 1.35 bits per heavy atom. The molecule has 0 amide bonds. The predicted octanol–water partition coefficient (Wildman–Crippen LogP) is 2.92. The maximum Gasteiger partial charge on any atom is 0.207 e. The monoisotopic (exact) mass is 311 g/mol. The molecule has 3 rings (SSSR count). The van der Waals surface area contributed by atoms with Crippen LogP contribution in [0.1, 0.15) is 38.3 Å². The highest BCUT2D eigenvalue weighted by Gasteiger charge is 2.26. The fourth-order valence-corrected chi connectivity index (χ4v) is 3.12. The van der Waals surface area contributed by atoms with Gasteiger partial charge in [-0.15, -0.1) is 15.0 Å². The van der Waals surface area contributed by atoms with Crippen molar-refractivity contribution in [1.29, 1.82) is 5.26 Å². The van der Waals surface area contributed by atoms with Gasteiger partial charge < -0.3 is 9.64 Å². The Morgan fingerprint density at radius 3 is 2.96 bits per heavy atom. The van der Waals surface area contributed by atoms with Crippen LogP contribution < -0.4 is 9.64 Å². The first-order chi connectivity index (χ1) is 11.3. The Bertz CT molecular complexity index is 718. The van der Waals surface area contributed by atoms with Gasteiger partial charge in [0.05, 0.1) is 12.8 Å². The van der Waals surface area contributed by atoms with Crippen LogP contribution >= 0.6 is 0 Å². The lowest BCUT2D eigenvalue weighted by Gasteiger charge is -2.35. The Balaban J connectivity index is 1.99. The van der Waals surface area contributed by atoms with E-state index >= 15 is 0 Å². The van der Waals surface area contributed by atoms with Crippen molar-refractivity contribution >= 4 is 5.82 Å². The lowest BCUT2D eigenvalue weighted by atomic mass is 10.00. The van der Waals surface area contributed by atoms with Gasteiger partial charge >= 0.3 is 0 Å². The molecule has 6 nitrogen and oxygen atoms in total. The number of benzene rings is 1. The van der Waals surface area contributed by atoms with E-state index in [0.717, 1.165) is 37.2 Å². The van der Waals surface area contributed by atoms with E-state index < -0.39 is 0 Å². The van der Waals surface area contributed by atoms with Crippen LogP contribution in [0.4, 0.5) is 5.82 Å². The number of nitrogens with zero attached hydrogens (tertiary/aromatic N) is 5. The normalized spacial score (nSPS) is 17.8. The molecule has 2 heterocycles. The van der Waals surface area contributed by atoms with E-state index in [2.05, 4.69) is 28.1 Å². The lowest BCUT2D eigenvalue weighted by molar-refractivity contribution is 0.414. The van der Waals surface area contributed by atoms with Gasteiger partial charge in [-0.3, -0.25) is 0 Å². The molecular weight excluding hydrogens is 290 g/mol. The highest BCUT2D eigenvalue weighted by molar-refractivity contribution is 5.51. The average molecular weight is 311 g/mol. The quantitative estimate of drug-likeness (QED) is 0.868. The van der Waals surface area contributed by atoms with E-state index in [0.29, 0.717) is 17.6 Å². The van der Waals surface area contributed by atoms with Crippen molar-refractivity contribution in [2.75, 3.05) is 18.6 Å². The number of piperidine rings is 1. The second-order valence-corrected chi connectivity index (χ2v) is 5.73. The van der Waals surface area contributed by atoms with E-state index in [9.17, 15) is 5.26 Å². The lowest BCUT2D eigenvalue weighted by Crippen LogP contribution is -2.39. The zero-order valence-electron chi connectivity index (χ0n) is 13.6. The zero-order valence-corrected chi connectivity index (χ0v) is 13.6. The first-order valence-electron chi connectivity index (χ1n) is 8.05. The zero-order chi connectivity index (χ0) is 16.2. The van der Waals surface area contributed by atoms with E-state index in [1.807, 2.05) is 24.3 Å². The molecule has 0 saturated carbocycles. The molecule has 1 aliphatic heterocycles. The summed E-state index contributed by atoms with van der Waals surface area (Å²) in [7, 11) is 1.63. The standard InChI is InChI=1S/C17H21N5O/c1-3-13-7-4-5-10-21(13)17-16(12-18)19-22(20-17)14-8-6-9-15(11-14)23-2/h6,8-9,11,13H,3-5,7,10H2,1-2H3. The van der Waals surface area contributed by atoms with E-state index in [1.165, 1.54) is 11.2 Å². The van der Waals surface area contributed by atoms with Gasteiger partial charge in [-0.2, -0.15) is 5.26 Å². The van der Waals surface area contributed by atoms with Crippen LogP contribution in [0.15, 0.2) is 24.3 Å². The Morgan fingerprint density at radius 2 is 2.22 bits per heavy atom. The van der Waals surface area contributed by atoms with Crippen molar-refractivity contribution in [3.05, 3.63) is 30.0 Å². The highest BCUT2D eigenvalue weighted by Crippen LogP contribution is 2.27. The van der Waals surface area contributed by atoms with E-state index in [1.54, 1.807) is 7.11 Å². The second-order valence-electron chi connectivity index (χ2n) is 5.73. The van der Waals surface area contributed by atoms with Crippen LogP contribution in [-0.4, -0.2) is 34.7 Å². The van der Waals surface area contributed by atoms with Crippen LogP contribution in [0.2, 0.25) is 0 Å². The molecule has 0 radical (unpaired) electrons. The number of nitriles is 1. The molecule has 1 aromatic heterocycles. The van der Waals surface area contributed by atoms with Gasteiger partial charge in [-0.25, -0.2) is 0 Å². The molecule has 1 aromatic carbocycles. The Hall–Kier alpha value is -2.55. The summed E-state index contributed by atoms with van der Waals surface area (Å²) in [6.07, 6.45) is 4.57. The summed E-state index contributed by atoms with van der Waals surface area (Å²) in [4.78, 5) is 3.77. The fourth-order valence-electron chi connectivity index (χ4n) is 3.12. The minimum atomic E-state index is 0.383. The van der Waals surface area contributed by atoms with Crippen molar-refractivity contribution in [2.45, 2.75) is 38.6 Å². The first-order valence-corrected chi connectivity index (χ1v) is 8.05. The highest BCUT2D eigenvalue weighted by atomic mass is 16.5. The van der Waals surface area contributed by atoms with Crippen LogP contribution in [0.3, 0.4) is 0 Å². The molecule has 23 heavy (non-hydrogen) atoms. The summed E-state index contributed by atoms with van der Waals surface area (Å²) in [6.45, 7) is 3.12. The summed E-state index contributed by atoms with van der Waals surface area (Å²) >= 11 is 0. The maximum absolute atomic E-state index is 9.45. The Kier molecular flexibility index (Phi) is 4.47. The summed E-state index contributed by atoms with van der Waals surface area (Å²) in [5.41, 5.74) is 1.17. The molecule has 2 aromatic rings. The van der Waals surface area contributed by atoms with Crippen LogP contribution in [0, 0.1) is 11.3 Å². The summed E-state index contributed by atoms with van der Waals surface area (Å²) < 4.78 is 5.25. The van der Waals surface area contributed by atoms with Crippen molar-refractivity contribution in [3.8, 4) is 17.5 Å². The van der Waals surface area contributed by atoms with E-state index in [4.69, 9.17) is 4.74 Å². The van der Waals surface area contributed by atoms with Gasteiger partial charge in [-0.05, 0) is 37.8 Å². The van der Waals surface area contributed by atoms with Crippen molar-refractivity contribution < 1.29 is 4.74 Å². The largest absolute Gasteiger partial charge is 0.497 e. The number of ether oxygens (including phenoxy) is 1. The van der Waals surface area contributed by atoms with Crippen LogP contribution in [-0.2, 0) is 0 Å². The molecule has 1 atom stereocenters. The molecule has 1 fully saturated rings. The Labute approximate surface area is 136 Å². The minimum Gasteiger partial charge on any atom is -0.497 e. The first kappa shape index (κ1) is 15.3.